The zero-order valence-electron chi connectivity index (χ0n) is 42.8. The van der Waals surface area contributed by atoms with Gasteiger partial charge in [-0.1, -0.05) is 184 Å². The summed E-state index contributed by atoms with van der Waals surface area (Å²) in [4.78, 5) is 13.2. The summed E-state index contributed by atoms with van der Waals surface area (Å²) >= 11 is 0. The second-order valence-corrected chi connectivity index (χ2v) is 19.4. The molecule has 0 radical (unpaired) electrons. The Bertz CT molecular complexity index is 1340. The number of nitrogens with one attached hydrogen (secondary N) is 1. The van der Waals surface area contributed by atoms with E-state index in [2.05, 4.69) is 55.6 Å². The van der Waals surface area contributed by atoms with Crippen molar-refractivity contribution in [1.29, 1.82) is 0 Å². The first-order valence-electron chi connectivity index (χ1n) is 27.4. The summed E-state index contributed by atoms with van der Waals surface area (Å²) < 4.78 is 22.7. The maximum atomic E-state index is 13.2. The summed E-state index contributed by atoms with van der Waals surface area (Å²) in [5.41, 5.74) is 0. The number of allylic oxidation sites excluding steroid dienone is 7. The molecule has 9 N–H and O–H groups in total. The molecule has 2 aliphatic heterocycles. The fourth-order valence-corrected chi connectivity index (χ4v) is 8.77. The van der Waals surface area contributed by atoms with Gasteiger partial charge in [-0.05, 0) is 57.8 Å². The molecule has 14 heteroatoms. The lowest BCUT2D eigenvalue weighted by atomic mass is 9.97. The maximum Gasteiger partial charge on any atom is 0.220 e. The Morgan fingerprint density at radius 3 is 1.49 bits per heavy atom. The van der Waals surface area contributed by atoms with Gasteiger partial charge in [-0.15, -0.1) is 0 Å². The van der Waals surface area contributed by atoms with Crippen molar-refractivity contribution in [3.63, 3.8) is 0 Å². The molecule has 69 heavy (non-hydrogen) atoms. The first-order valence-corrected chi connectivity index (χ1v) is 27.4. The molecular formula is C55H99NO13. The van der Waals surface area contributed by atoms with Gasteiger partial charge >= 0.3 is 0 Å². The Hall–Kier alpha value is -2.05. The number of ether oxygens (including phenoxy) is 4. The van der Waals surface area contributed by atoms with Crippen molar-refractivity contribution < 1.29 is 64.6 Å². The van der Waals surface area contributed by atoms with Crippen molar-refractivity contribution in [2.45, 2.75) is 274 Å². The number of unbranched alkanes of at least 4 members (excludes halogenated alkanes) is 23. The molecule has 0 bridgehead atoms. The second-order valence-electron chi connectivity index (χ2n) is 19.4. The third-order valence-corrected chi connectivity index (χ3v) is 13.3. The highest BCUT2D eigenvalue weighted by molar-refractivity contribution is 5.76. The summed E-state index contributed by atoms with van der Waals surface area (Å²) in [5, 5.41) is 86.9. The Morgan fingerprint density at radius 1 is 0.522 bits per heavy atom. The van der Waals surface area contributed by atoms with Gasteiger partial charge in [0.15, 0.2) is 12.6 Å². The molecule has 2 aliphatic rings. The van der Waals surface area contributed by atoms with E-state index >= 15 is 0 Å². The molecule has 2 saturated heterocycles. The number of rotatable bonds is 42. The summed E-state index contributed by atoms with van der Waals surface area (Å²) in [6, 6.07) is -0.922. The normalized spacial score (nSPS) is 26.5. The lowest BCUT2D eigenvalue weighted by molar-refractivity contribution is -0.359. The third-order valence-electron chi connectivity index (χ3n) is 13.3. The van der Waals surface area contributed by atoms with Crippen LogP contribution in [0.25, 0.3) is 0 Å². The van der Waals surface area contributed by atoms with Gasteiger partial charge in [0.2, 0.25) is 5.91 Å². The first-order chi connectivity index (χ1) is 33.6. The lowest BCUT2D eigenvalue weighted by Crippen LogP contribution is -2.65. The van der Waals surface area contributed by atoms with Gasteiger partial charge < -0.3 is 65.1 Å². The van der Waals surface area contributed by atoms with Crippen LogP contribution < -0.4 is 5.32 Å². The van der Waals surface area contributed by atoms with Crippen molar-refractivity contribution in [2.24, 2.45) is 0 Å². The molecule has 0 aromatic carbocycles. The predicted molar refractivity (Wildman–Crippen MR) is 272 cm³/mol. The Labute approximate surface area is 416 Å². The van der Waals surface area contributed by atoms with Crippen molar-refractivity contribution in [1.82, 2.24) is 5.32 Å². The van der Waals surface area contributed by atoms with Crippen LogP contribution in [0, 0.1) is 0 Å². The highest BCUT2D eigenvalue weighted by atomic mass is 16.7. The average molecular weight is 982 g/mol. The smallest absolute Gasteiger partial charge is 0.220 e. The van der Waals surface area contributed by atoms with Crippen LogP contribution in [0.2, 0.25) is 0 Å². The molecule has 0 saturated carbocycles. The minimum absolute atomic E-state index is 0.253. The van der Waals surface area contributed by atoms with Gasteiger partial charge in [0, 0.05) is 6.42 Å². The number of aliphatic hydroxyl groups is 8. The van der Waals surface area contributed by atoms with Crippen LogP contribution in [0.5, 0.6) is 0 Å². The molecule has 2 rings (SSSR count). The quantitative estimate of drug-likeness (QED) is 0.0209. The molecule has 2 heterocycles. The molecule has 0 aliphatic carbocycles. The molecule has 2 fully saturated rings. The van der Waals surface area contributed by atoms with Crippen molar-refractivity contribution in [2.75, 3.05) is 19.8 Å². The Balaban J connectivity index is 1.83. The number of hydrogen-bond acceptors (Lipinski definition) is 13. The number of hydrogen-bond donors (Lipinski definition) is 9. The number of aliphatic hydroxyl groups excluding tert-OH is 8. The van der Waals surface area contributed by atoms with Crippen molar-refractivity contribution in [3.05, 3.63) is 48.6 Å². The minimum Gasteiger partial charge on any atom is -0.394 e. The van der Waals surface area contributed by atoms with Gasteiger partial charge in [0.05, 0.1) is 32.0 Å². The van der Waals surface area contributed by atoms with E-state index in [1.54, 1.807) is 6.08 Å². The molecule has 1 amide bonds. The van der Waals surface area contributed by atoms with E-state index in [1.807, 2.05) is 6.08 Å². The summed E-state index contributed by atoms with van der Waals surface area (Å²) in [5.74, 6) is -0.253. The Morgan fingerprint density at radius 2 is 0.957 bits per heavy atom. The van der Waals surface area contributed by atoms with Gasteiger partial charge in [0.1, 0.15) is 48.8 Å². The van der Waals surface area contributed by atoms with Crippen LogP contribution in [-0.2, 0) is 23.7 Å². The minimum atomic E-state index is -1.79. The van der Waals surface area contributed by atoms with Gasteiger partial charge in [-0.3, -0.25) is 4.79 Å². The number of carbonyl (C=O) groups is 1. The van der Waals surface area contributed by atoms with Crippen LogP contribution in [0.4, 0.5) is 0 Å². The van der Waals surface area contributed by atoms with E-state index in [0.29, 0.717) is 6.42 Å². The highest BCUT2D eigenvalue weighted by Gasteiger charge is 2.51. The van der Waals surface area contributed by atoms with E-state index in [1.165, 1.54) is 103 Å². The topological polar surface area (TPSA) is 228 Å². The zero-order chi connectivity index (χ0) is 50.3. The van der Waals surface area contributed by atoms with E-state index in [9.17, 15) is 45.6 Å². The average Bonchev–Trinajstić information content (AvgIpc) is 3.35. The molecule has 12 atom stereocenters. The lowest BCUT2D eigenvalue weighted by Gasteiger charge is -2.46. The van der Waals surface area contributed by atoms with E-state index < -0.39 is 86.8 Å². The van der Waals surface area contributed by atoms with Crippen LogP contribution in [0.3, 0.4) is 0 Å². The fourth-order valence-electron chi connectivity index (χ4n) is 8.77. The number of carbonyl (C=O) groups excluding carboxylic acids is 1. The van der Waals surface area contributed by atoms with Gasteiger partial charge in [-0.2, -0.15) is 0 Å². The molecule has 12 unspecified atom stereocenters. The fraction of sp³-hybridized carbons (Fsp3) is 0.836. The monoisotopic (exact) mass is 982 g/mol. The summed E-state index contributed by atoms with van der Waals surface area (Å²) in [6.45, 7) is 2.75. The summed E-state index contributed by atoms with van der Waals surface area (Å²) in [7, 11) is 0. The number of amides is 1. The molecule has 0 aromatic rings. The van der Waals surface area contributed by atoms with Crippen LogP contribution in [0.15, 0.2) is 48.6 Å². The highest BCUT2D eigenvalue weighted by Crippen LogP contribution is 2.30. The zero-order valence-corrected chi connectivity index (χ0v) is 42.8. The van der Waals surface area contributed by atoms with Crippen LogP contribution in [0.1, 0.15) is 200 Å². The van der Waals surface area contributed by atoms with Crippen molar-refractivity contribution >= 4 is 5.91 Å². The Kier molecular flexibility index (Phi) is 37.9. The molecule has 0 spiro atoms. The first kappa shape index (κ1) is 63.1. The standard InChI is InChI=1S/C55H99NO13/c1-3-5-7-9-11-13-15-17-19-21-22-23-25-27-29-31-33-35-37-39-47(60)56-43(44(59)38-36-34-32-30-28-26-24-20-18-16-14-12-10-8-6-4-2)42-66-54-52(65)50(63)53(46(41-58)68-54)69-55-51(64)49(62)48(61)45(40-57)67-55/h11,13,17,19,22-23,36,38,43-46,48-55,57-59,61-65H,3-10,12,14-16,18,20-21,24-35,37,39-42H2,1-2H3,(H,56,60)/b13-11-,19-17-,23-22-,38-36+. The molecular weight excluding hydrogens is 883 g/mol. The largest absolute Gasteiger partial charge is 0.394 e. The molecule has 402 valence electrons. The molecule has 14 nitrogen and oxygen atoms in total. The maximum absolute atomic E-state index is 13.2. The van der Waals surface area contributed by atoms with E-state index in [0.717, 1.165) is 70.6 Å². The van der Waals surface area contributed by atoms with Crippen molar-refractivity contribution in [3.8, 4) is 0 Å². The van der Waals surface area contributed by atoms with E-state index in [4.69, 9.17) is 18.9 Å². The second kappa shape index (κ2) is 41.4. The van der Waals surface area contributed by atoms with E-state index in [-0.39, 0.29) is 18.9 Å². The predicted octanol–water partition coefficient (Wildman–Crippen LogP) is 8.05. The van der Waals surface area contributed by atoms with Crippen LogP contribution >= 0.6 is 0 Å². The van der Waals surface area contributed by atoms with Gasteiger partial charge in [0.25, 0.3) is 0 Å². The third kappa shape index (κ3) is 28.1. The van der Waals surface area contributed by atoms with Crippen LogP contribution in [-0.4, -0.2) is 140 Å². The summed E-state index contributed by atoms with van der Waals surface area (Å²) in [6.07, 6.45) is 32.8. The van der Waals surface area contributed by atoms with Gasteiger partial charge in [-0.25, -0.2) is 0 Å². The SMILES string of the molecule is CCCCC/C=C\C/C=C\C/C=C\CCCCCCCCC(=O)NC(COC1OC(CO)C(OC2OC(CO)C(O)C(O)C2O)C(O)C1O)C(O)/C=C/CCCCCCCCCCCCCCCC. The molecule has 0 aromatic heterocycles.